The number of oxazole rings is 1. The van der Waals surface area contributed by atoms with Gasteiger partial charge < -0.3 is 9.73 Å². The van der Waals surface area contributed by atoms with Crippen molar-refractivity contribution in [3.05, 3.63) is 76.6 Å². The summed E-state index contributed by atoms with van der Waals surface area (Å²) in [6.45, 7) is 1.95. The highest BCUT2D eigenvalue weighted by atomic mass is 32.1. The third kappa shape index (κ3) is 4.60. The number of halogens is 2. The zero-order valence-corrected chi connectivity index (χ0v) is 16.8. The van der Waals surface area contributed by atoms with E-state index in [1.54, 1.807) is 11.3 Å². The molecule has 8 heteroatoms. The van der Waals surface area contributed by atoms with Crippen LogP contribution in [0.25, 0.3) is 22.6 Å². The molecule has 2 aromatic carbocycles. The second kappa shape index (κ2) is 8.54. The van der Waals surface area contributed by atoms with Crippen LogP contribution in [-0.4, -0.2) is 15.9 Å². The SMILES string of the molecule is Cc1nc(-c2ccc(NC(=O)CCc3ncc(-c4ccc(F)cc4F)o3)cc2)cs1. The van der Waals surface area contributed by atoms with Crippen LogP contribution in [0.3, 0.4) is 0 Å². The highest BCUT2D eigenvalue weighted by molar-refractivity contribution is 7.09. The number of amides is 1. The maximum atomic E-state index is 13.8. The van der Waals surface area contributed by atoms with E-state index in [9.17, 15) is 13.6 Å². The average molecular weight is 425 g/mol. The lowest BCUT2D eigenvalue weighted by molar-refractivity contribution is -0.116. The first-order chi connectivity index (χ1) is 14.5. The Morgan fingerprint density at radius 1 is 1.17 bits per heavy atom. The van der Waals surface area contributed by atoms with Crippen molar-refractivity contribution < 1.29 is 18.0 Å². The maximum absolute atomic E-state index is 13.8. The molecule has 0 bridgehead atoms. The van der Waals surface area contributed by atoms with Crippen molar-refractivity contribution in [2.24, 2.45) is 0 Å². The number of hydrogen-bond acceptors (Lipinski definition) is 5. The van der Waals surface area contributed by atoms with Gasteiger partial charge >= 0.3 is 0 Å². The van der Waals surface area contributed by atoms with Crippen LogP contribution in [0.4, 0.5) is 14.5 Å². The smallest absolute Gasteiger partial charge is 0.224 e. The molecule has 1 N–H and O–H groups in total. The predicted molar refractivity (Wildman–Crippen MR) is 111 cm³/mol. The normalized spacial score (nSPS) is 10.9. The third-order valence-electron chi connectivity index (χ3n) is 4.40. The number of carbonyl (C=O) groups is 1. The van der Waals surface area contributed by atoms with Gasteiger partial charge in [-0.25, -0.2) is 18.7 Å². The molecular weight excluding hydrogens is 408 g/mol. The number of carbonyl (C=O) groups excluding carboxylic acids is 1. The summed E-state index contributed by atoms with van der Waals surface area (Å²) in [7, 11) is 0. The highest BCUT2D eigenvalue weighted by Gasteiger charge is 2.13. The minimum Gasteiger partial charge on any atom is -0.441 e. The molecular formula is C22H17F2N3O2S. The van der Waals surface area contributed by atoms with Crippen molar-refractivity contribution in [1.82, 2.24) is 9.97 Å². The number of nitrogens with zero attached hydrogens (tertiary/aromatic N) is 2. The van der Waals surface area contributed by atoms with Crippen molar-refractivity contribution in [2.75, 3.05) is 5.32 Å². The molecule has 0 aliphatic heterocycles. The van der Waals surface area contributed by atoms with Gasteiger partial charge in [0.05, 0.1) is 22.5 Å². The number of anilines is 1. The van der Waals surface area contributed by atoms with E-state index >= 15 is 0 Å². The van der Waals surface area contributed by atoms with E-state index in [1.165, 1.54) is 12.3 Å². The van der Waals surface area contributed by atoms with E-state index < -0.39 is 11.6 Å². The van der Waals surface area contributed by atoms with Crippen molar-refractivity contribution in [1.29, 1.82) is 0 Å². The molecule has 0 aliphatic rings. The topological polar surface area (TPSA) is 68.0 Å². The molecule has 0 unspecified atom stereocenters. The van der Waals surface area contributed by atoms with Gasteiger partial charge in [0.25, 0.3) is 0 Å². The lowest BCUT2D eigenvalue weighted by Gasteiger charge is -2.05. The van der Waals surface area contributed by atoms with Crippen LogP contribution >= 0.6 is 11.3 Å². The Morgan fingerprint density at radius 3 is 2.67 bits per heavy atom. The lowest BCUT2D eigenvalue weighted by atomic mass is 10.1. The first kappa shape index (κ1) is 19.9. The minimum absolute atomic E-state index is 0.120. The molecule has 4 aromatic rings. The predicted octanol–water partition coefficient (Wildman–Crippen LogP) is 5.62. The first-order valence-corrected chi connectivity index (χ1v) is 10.1. The highest BCUT2D eigenvalue weighted by Crippen LogP contribution is 2.25. The molecule has 2 heterocycles. The summed E-state index contributed by atoms with van der Waals surface area (Å²) in [5.74, 6) is -1.09. The summed E-state index contributed by atoms with van der Waals surface area (Å²) < 4.78 is 32.4. The molecule has 2 aromatic heterocycles. The molecule has 0 radical (unpaired) electrons. The van der Waals surface area contributed by atoms with Gasteiger partial charge in [0.1, 0.15) is 11.6 Å². The molecule has 0 saturated carbocycles. The maximum Gasteiger partial charge on any atom is 0.224 e. The summed E-state index contributed by atoms with van der Waals surface area (Å²) in [5, 5.41) is 5.81. The molecule has 5 nitrogen and oxygen atoms in total. The molecule has 0 saturated heterocycles. The molecule has 152 valence electrons. The number of aromatic nitrogens is 2. The Balaban J connectivity index is 1.33. The summed E-state index contributed by atoms with van der Waals surface area (Å²) in [6.07, 6.45) is 1.77. The van der Waals surface area contributed by atoms with Crippen LogP contribution < -0.4 is 5.32 Å². The quantitative estimate of drug-likeness (QED) is 0.435. The van der Waals surface area contributed by atoms with Crippen LogP contribution in [0.2, 0.25) is 0 Å². The van der Waals surface area contributed by atoms with Gasteiger partial charge in [-0.2, -0.15) is 0 Å². The number of rotatable bonds is 6. The molecule has 1 amide bonds. The van der Waals surface area contributed by atoms with Crippen molar-refractivity contribution in [2.45, 2.75) is 19.8 Å². The van der Waals surface area contributed by atoms with E-state index in [4.69, 9.17) is 4.42 Å². The number of thiazole rings is 1. The van der Waals surface area contributed by atoms with Crippen molar-refractivity contribution in [3.63, 3.8) is 0 Å². The van der Waals surface area contributed by atoms with E-state index in [0.717, 1.165) is 28.4 Å². The van der Waals surface area contributed by atoms with Gasteiger partial charge in [0, 0.05) is 35.5 Å². The number of hydrogen-bond donors (Lipinski definition) is 1. The van der Waals surface area contributed by atoms with Crippen molar-refractivity contribution >= 4 is 22.9 Å². The molecule has 4 rings (SSSR count). The van der Waals surface area contributed by atoms with Gasteiger partial charge in [0.15, 0.2) is 11.7 Å². The fourth-order valence-electron chi connectivity index (χ4n) is 2.90. The Morgan fingerprint density at radius 2 is 1.97 bits per heavy atom. The Kier molecular flexibility index (Phi) is 5.67. The van der Waals surface area contributed by atoms with Gasteiger partial charge in [-0.15, -0.1) is 11.3 Å². The second-order valence-corrected chi connectivity index (χ2v) is 7.68. The van der Waals surface area contributed by atoms with E-state index in [2.05, 4.69) is 15.3 Å². The van der Waals surface area contributed by atoms with Gasteiger partial charge in [-0.1, -0.05) is 12.1 Å². The van der Waals surface area contributed by atoms with Crippen LogP contribution in [-0.2, 0) is 11.2 Å². The summed E-state index contributed by atoms with van der Waals surface area (Å²) in [4.78, 5) is 20.7. The van der Waals surface area contributed by atoms with Gasteiger partial charge in [0.2, 0.25) is 5.91 Å². The van der Waals surface area contributed by atoms with E-state index in [0.29, 0.717) is 11.6 Å². The summed E-state index contributed by atoms with van der Waals surface area (Å²) in [5.41, 5.74) is 2.69. The number of aryl methyl sites for hydroxylation is 2. The fraction of sp³-hybridized carbons (Fsp3) is 0.136. The zero-order valence-electron chi connectivity index (χ0n) is 16.0. The summed E-state index contributed by atoms with van der Waals surface area (Å²) in [6, 6.07) is 10.7. The minimum atomic E-state index is -0.730. The molecule has 0 aliphatic carbocycles. The van der Waals surface area contributed by atoms with Gasteiger partial charge in [-0.3, -0.25) is 4.79 Å². The molecule has 30 heavy (non-hydrogen) atoms. The van der Waals surface area contributed by atoms with E-state index in [-0.39, 0.29) is 30.1 Å². The monoisotopic (exact) mass is 425 g/mol. The molecule has 0 fully saturated rings. The lowest BCUT2D eigenvalue weighted by Crippen LogP contribution is -2.12. The Bertz CT molecular complexity index is 1190. The number of nitrogens with one attached hydrogen (secondary N) is 1. The molecule has 0 spiro atoms. The standard InChI is InChI=1S/C22H17F2N3O2S/c1-13-26-19(12-30-13)14-2-5-16(6-3-14)27-21(28)8-9-22-25-11-20(29-22)17-7-4-15(23)10-18(17)24/h2-7,10-12H,8-9H2,1H3,(H,27,28). The van der Waals surface area contributed by atoms with Crippen LogP contribution in [0.1, 0.15) is 17.3 Å². The largest absolute Gasteiger partial charge is 0.441 e. The van der Waals surface area contributed by atoms with Gasteiger partial charge in [-0.05, 0) is 31.2 Å². The Hall–Kier alpha value is -3.39. The summed E-state index contributed by atoms with van der Waals surface area (Å²) >= 11 is 1.59. The molecule has 0 atom stereocenters. The van der Waals surface area contributed by atoms with E-state index in [1.807, 2.05) is 36.6 Å². The van der Waals surface area contributed by atoms with Crippen molar-refractivity contribution in [3.8, 4) is 22.6 Å². The fourth-order valence-corrected chi connectivity index (χ4v) is 3.53. The first-order valence-electron chi connectivity index (χ1n) is 9.20. The van der Waals surface area contributed by atoms with Crippen LogP contribution in [0, 0.1) is 18.6 Å². The zero-order chi connectivity index (χ0) is 21.1. The average Bonchev–Trinajstić information content (AvgIpc) is 3.36. The second-order valence-electron chi connectivity index (χ2n) is 6.62. The van der Waals surface area contributed by atoms with Crippen LogP contribution in [0.15, 0.2) is 58.5 Å². The Labute approximate surface area is 175 Å². The van der Waals surface area contributed by atoms with Crippen LogP contribution in [0.5, 0.6) is 0 Å². The number of benzene rings is 2. The third-order valence-corrected chi connectivity index (χ3v) is 5.17.